The van der Waals surface area contributed by atoms with Crippen LogP contribution in [0.4, 0.5) is 5.13 Å². The molecule has 1 fully saturated rings. The molecule has 1 aromatic carbocycles. The molecule has 2 N–H and O–H groups in total. The Morgan fingerprint density at radius 1 is 1.28 bits per heavy atom. The van der Waals surface area contributed by atoms with Crippen LogP contribution in [0.2, 0.25) is 0 Å². The first-order chi connectivity index (χ1) is 13.9. The molecule has 2 aromatic rings. The maximum absolute atomic E-state index is 11.3. The van der Waals surface area contributed by atoms with Gasteiger partial charge >= 0.3 is 0 Å². The average Bonchev–Trinajstić information content (AvgIpc) is 3.01. The number of fused-ring (bicyclic) bond motifs is 3. The number of para-hydroxylation sites is 1. The molecular weight excluding hydrogens is 410 g/mol. The Morgan fingerprint density at radius 2 is 2.07 bits per heavy atom. The molecule has 0 bridgehead atoms. The highest BCUT2D eigenvalue weighted by Crippen LogP contribution is 2.43. The van der Waals surface area contributed by atoms with Gasteiger partial charge in [-0.05, 0) is 43.7 Å². The highest BCUT2D eigenvalue weighted by Gasteiger charge is 2.26. The van der Waals surface area contributed by atoms with Crippen molar-refractivity contribution in [3.05, 3.63) is 23.1 Å². The highest BCUT2D eigenvalue weighted by molar-refractivity contribution is 7.88. The number of hydrogen-bond donors (Lipinski definition) is 2. The van der Waals surface area contributed by atoms with E-state index >= 15 is 0 Å². The Balaban J connectivity index is 1.42. The average molecular weight is 438 g/mol. The number of benzene rings is 1. The fraction of sp³-hybridized carbons (Fsp3) is 0.550. The van der Waals surface area contributed by atoms with Crippen LogP contribution in [0.25, 0.3) is 11.3 Å². The summed E-state index contributed by atoms with van der Waals surface area (Å²) in [4.78, 5) is 6.12. The van der Waals surface area contributed by atoms with Crippen LogP contribution in [-0.4, -0.2) is 46.0 Å². The third-order valence-electron chi connectivity index (χ3n) is 5.54. The van der Waals surface area contributed by atoms with Gasteiger partial charge in [0.05, 0.1) is 25.7 Å². The lowest BCUT2D eigenvalue weighted by molar-refractivity contribution is 0.302. The van der Waals surface area contributed by atoms with Gasteiger partial charge in [0.25, 0.3) is 0 Å². The van der Waals surface area contributed by atoms with Gasteiger partial charge < -0.3 is 14.8 Å². The normalized spacial score (nSPS) is 21.4. The Bertz CT molecular complexity index is 966. The molecule has 0 radical (unpaired) electrons. The molecule has 0 amide bonds. The molecule has 9 heteroatoms. The zero-order valence-corrected chi connectivity index (χ0v) is 18.4. The summed E-state index contributed by atoms with van der Waals surface area (Å²) in [5.41, 5.74) is 1.96. The van der Waals surface area contributed by atoms with Crippen molar-refractivity contribution in [2.24, 2.45) is 5.92 Å². The van der Waals surface area contributed by atoms with Gasteiger partial charge in [0.15, 0.2) is 16.6 Å². The topological polar surface area (TPSA) is 89.5 Å². The second kappa shape index (κ2) is 8.49. The number of nitrogens with one attached hydrogen (secondary N) is 2. The summed E-state index contributed by atoms with van der Waals surface area (Å²) in [6.07, 6.45) is 6.11. The summed E-state index contributed by atoms with van der Waals surface area (Å²) in [6, 6.07) is 6.28. The molecule has 7 nitrogen and oxygen atoms in total. The van der Waals surface area contributed by atoms with Gasteiger partial charge in [-0.25, -0.2) is 18.1 Å². The second-order valence-electron chi connectivity index (χ2n) is 7.71. The maximum atomic E-state index is 11.3. The van der Waals surface area contributed by atoms with Crippen molar-refractivity contribution in [2.45, 2.75) is 38.1 Å². The Morgan fingerprint density at radius 3 is 2.79 bits per heavy atom. The number of aromatic nitrogens is 1. The van der Waals surface area contributed by atoms with Crippen LogP contribution in [-0.2, 0) is 16.4 Å². The van der Waals surface area contributed by atoms with Crippen LogP contribution in [0.1, 0.15) is 30.6 Å². The molecule has 0 unspecified atom stereocenters. The van der Waals surface area contributed by atoms with Crippen LogP contribution in [0, 0.1) is 5.92 Å². The van der Waals surface area contributed by atoms with Crippen molar-refractivity contribution in [1.29, 1.82) is 0 Å². The summed E-state index contributed by atoms with van der Waals surface area (Å²) in [6.45, 7) is 1.15. The molecule has 1 aliphatic carbocycles. The lowest BCUT2D eigenvalue weighted by atomic mass is 9.86. The monoisotopic (exact) mass is 437 g/mol. The van der Waals surface area contributed by atoms with Crippen molar-refractivity contribution in [2.75, 3.05) is 31.8 Å². The number of hydrogen-bond acceptors (Lipinski definition) is 7. The molecule has 1 aliphatic heterocycles. The van der Waals surface area contributed by atoms with E-state index in [1.807, 2.05) is 18.2 Å². The summed E-state index contributed by atoms with van der Waals surface area (Å²) < 4.78 is 36.6. The number of anilines is 1. The smallest absolute Gasteiger partial charge is 0.208 e. The van der Waals surface area contributed by atoms with E-state index in [4.69, 9.17) is 14.5 Å². The molecule has 29 heavy (non-hydrogen) atoms. The Kier molecular flexibility index (Phi) is 5.98. The maximum Gasteiger partial charge on any atom is 0.208 e. The summed E-state index contributed by atoms with van der Waals surface area (Å²) in [7, 11) is -1.46. The standard InChI is InChI=1S/C20H27N3O4S2/c1-26-16-5-3-4-15-18-17(10-11-27-19(15)16)28-20(23-18)22-14-8-6-13(7-9-14)12-21-29(2,24)25/h3-5,13-14,21H,6-12H2,1-2H3,(H,22,23). The molecule has 1 saturated carbocycles. The third kappa shape index (κ3) is 4.84. The van der Waals surface area contributed by atoms with Crippen molar-refractivity contribution < 1.29 is 17.9 Å². The van der Waals surface area contributed by atoms with E-state index in [1.165, 1.54) is 11.1 Å². The van der Waals surface area contributed by atoms with E-state index < -0.39 is 10.0 Å². The lowest BCUT2D eigenvalue weighted by Gasteiger charge is -2.28. The predicted molar refractivity (Wildman–Crippen MR) is 116 cm³/mol. The fourth-order valence-electron chi connectivity index (χ4n) is 4.01. The number of thiazole rings is 1. The molecule has 0 spiro atoms. The molecule has 158 valence electrons. The van der Waals surface area contributed by atoms with Gasteiger partial charge in [0.2, 0.25) is 10.0 Å². The molecule has 0 saturated heterocycles. The molecule has 4 rings (SSSR count). The SMILES string of the molecule is COc1cccc2c1OCCc1sc(NC3CCC(CNS(C)(=O)=O)CC3)nc1-2. The summed E-state index contributed by atoms with van der Waals surface area (Å²) >= 11 is 1.70. The second-order valence-corrected chi connectivity index (χ2v) is 10.6. The molecule has 1 aromatic heterocycles. The molecule has 0 atom stereocenters. The lowest BCUT2D eigenvalue weighted by Crippen LogP contribution is -2.33. The number of rotatable bonds is 6. The van der Waals surface area contributed by atoms with Gasteiger partial charge in [0, 0.05) is 29.4 Å². The third-order valence-corrected chi connectivity index (χ3v) is 7.27. The number of ether oxygens (including phenoxy) is 2. The first kappa shape index (κ1) is 20.4. The first-order valence-corrected chi connectivity index (χ1v) is 12.6. The number of sulfonamides is 1. The summed E-state index contributed by atoms with van der Waals surface area (Å²) in [5.74, 6) is 1.91. The van der Waals surface area contributed by atoms with Crippen LogP contribution in [0.5, 0.6) is 11.5 Å². The largest absolute Gasteiger partial charge is 0.493 e. The van der Waals surface area contributed by atoms with Crippen LogP contribution < -0.4 is 19.5 Å². The van der Waals surface area contributed by atoms with Crippen molar-refractivity contribution in [3.63, 3.8) is 0 Å². The van der Waals surface area contributed by atoms with Crippen molar-refractivity contribution in [1.82, 2.24) is 9.71 Å². The van der Waals surface area contributed by atoms with E-state index in [2.05, 4.69) is 10.0 Å². The van der Waals surface area contributed by atoms with Gasteiger partial charge in [-0.15, -0.1) is 11.3 Å². The minimum absolute atomic E-state index is 0.375. The molecule has 2 heterocycles. The van der Waals surface area contributed by atoms with Gasteiger partial charge in [-0.3, -0.25) is 0 Å². The van der Waals surface area contributed by atoms with Gasteiger partial charge in [0.1, 0.15) is 0 Å². The van der Waals surface area contributed by atoms with Crippen molar-refractivity contribution in [3.8, 4) is 22.8 Å². The first-order valence-electron chi connectivity index (χ1n) is 9.94. The van der Waals surface area contributed by atoms with Crippen LogP contribution in [0.3, 0.4) is 0 Å². The van der Waals surface area contributed by atoms with E-state index in [-0.39, 0.29) is 0 Å². The Labute approximate surface area is 175 Å². The quantitative estimate of drug-likeness (QED) is 0.721. The highest BCUT2D eigenvalue weighted by atomic mass is 32.2. The zero-order valence-electron chi connectivity index (χ0n) is 16.7. The van der Waals surface area contributed by atoms with Crippen molar-refractivity contribution >= 4 is 26.5 Å². The fourth-order valence-corrected chi connectivity index (χ4v) is 5.58. The minimum atomic E-state index is -3.11. The summed E-state index contributed by atoms with van der Waals surface area (Å²) in [5, 5.41) is 4.56. The van der Waals surface area contributed by atoms with E-state index in [0.29, 0.717) is 25.1 Å². The van der Waals surface area contributed by atoms with E-state index in [0.717, 1.165) is 60.0 Å². The predicted octanol–water partition coefficient (Wildman–Crippen LogP) is 3.27. The van der Waals surface area contributed by atoms with Gasteiger partial charge in [-0.1, -0.05) is 6.07 Å². The number of nitrogens with zero attached hydrogens (tertiary/aromatic N) is 1. The zero-order chi connectivity index (χ0) is 20.4. The molecule has 2 aliphatic rings. The van der Waals surface area contributed by atoms with E-state index in [1.54, 1.807) is 18.4 Å². The Hall–Kier alpha value is -1.84. The van der Waals surface area contributed by atoms with Crippen LogP contribution >= 0.6 is 11.3 Å². The van der Waals surface area contributed by atoms with Gasteiger partial charge in [-0.2, -0.15) is 0 Å². The molecular formula is C20H27N3O4S2. The number of methoxy groups -OCH3 is 1. The van der Waals surface area contributed by atoms with Crippen LogP contribution in [0.15, 0.2) is 18.2 Å². The van der Waals surface area contributed by atoms with E-state index in [9.17, 15) is 8.42 Å². The minimum Gasteiger partial charge on any atom is -0.493 e.